The van der Waals surface area contributed by atoms with Crippen LogP contribution < -0.4 is 4.74 Å². The molecule has 1 rings (SSSR count). The van der Waals surface area contributed by atoms with E-state index in [-0.39, 0.29) is 5.78 Å². The molecule has 0 aromatic heterocycles. The highest BCUT2D eigenvalue weighted by atomic mass is 16.5. The van der Waals surface area contributed by atoms with Crippen LogP contribution in [0.15, 0.2) is 24.3 Å². The monoisotopic (exact) mass is 296 g/mol. The quantitative estimate of drug-likeness (QED) is 0.438. The molecule has 0 bridgehead atoms. The second-order valence-electron chi connectivity index (χ2n) is 4.47. The first-order valence-corrected chi connectivity index (χ1v) is 7.13. The molecule has 0 spiro atoms. The Bertz CT molecular complexity index is 405. The SMILES string of the molecule is COCCCOCCOCCOc1ccccc1C(C)=O. The number of hydrogen-bond donors (Lipinski definition) is 0. The number of para-hydroxylation sites is 1. The first-order chi connectivity index (χ1) is 10.3. The Morgan fingerprint density at radius 3 is 2.33 bits per heavy atom. The highest BCUT2D eigenvalue weighted by Gasteiger charge is 2.06. The van der Waals surface area contributed by atoms with Crippen molar-refractivity contribution in [1.82, 2.24) is 0 Å². The normalized spacial score (nSPS) is 10.6. The summed E-state index contributed by atoms with van der Waals surface area (Å²) in [6.45, 7) is 4.89. The number of carbonyl (C=O) groups excluding carboxylic acids is 1. The minimum absolute atomic E-state index is 0.00372. The van der Waals surface area contributed by atoms with Crippen molar-refractivity contribution in [3.05, 3.63) is 29.8 Å². The van der Waals surface area contributed by atoms with E-state index in [1.54, 1.807) is 19.2 Å². The molecule has 0 fully saturated rings. The van der Waals surface area contributed by atoms with E-state index in [0.29, 0.717) is 51.0 Å². The molecule has 0 saturated carbocycles. The second kappa shape index (κ2) is 11.3. The molecule has 0 unspecified atom stereocenters. The summed E-state index contributed by atoms with van der Waals surface area (Å²) < 4.78 is 21.2. The Balaban J connectivity index is 2.06. The fourth-order valence-electron chi connectivity index (χ4n) is 1.72. The first-order valence-electron chi connectivity index (χ1n) is 7.13. The number of ether oxygens (including phenoxy) is 4. The van der Waals surface area contributed by atoms with E-state index in [0.717, 1.165) is 6.42 Å². The zero-order valence-electron chi connectivity index (χ0n) is 12.8. The molecule has 21 heavy (non-hydrogen) atoms. The minimum atomic E-state index is -0.00372. The molecule has 1 aromatic rings. The van der Waals surface area contributed by atoms with Gasteiger partial charge in [-0.1, -0.05) is 12.1 Å². The van der Waals surface area contributed by atoms with Gasteiger partial charge in [0.15, 0.2) is 5.78 Å². The van der Waals surface area contributed by atoms with Crippen LogP contribution in [0.5, 0.6) is 5.75 Å². The third-order valence-electron chi connectivity index (χ3n) is 2.76. The van der Waals surface area contributed by atoms with Gasteiger partial charge in [0.1, 0.15) is 12.4 Å². The number of ketones is 1. The van der Waals surface area contributed by atoms with Gasteiger partial charge in [-0.2, -0.15) is 0 Å². The van der Waals surface area contributed by atoms with Crippen molar-refractivity contribution in [2.24, 2.45) is 0 Å². The summed E-state index contributed by atoms with van der Waals surface area (Å²) in [6, 6.07) is 7.21. The van der Waals surface area contributed by atoms with Crippen LogP contribution >= 0.6 is 0 Å². The lowest BCUT2D eigenvalue weighted by Gasteiger charge is -2.10. The molecule has 1 aromatic carbocycles. The van der Waals surface area contributed by atoms with Crippen molar-refractivity contribution in [1.29, 1.82) is 0 Å². The largest absolute Gasteiger partial charge is 0.490 e. The molecule has 5 nitrogen and oxygen atoms in total. The third-order valence-corrected chi connectivity index (χ3v) is 2.76. The van der Waals surface area contributed by atoms with Crippen LogP contribution in [0.3, 0.4) is 0 Å². The van der Waals surface area contributed by atoms with Gasteiger partial charge in [-0.05, 0) is 25.5 Å². The Hall–Kier alpha value is -1.43. The van der Waals surface area contributed by atoms with Crippen LogP contribution in [0, 0.1) is 0 Å². The van der Waals surface area contributed by atoms with Gasteiger partial charge in [0, 0.05) is 20.3 Å². The standard InChI is InChI=1S/C16H24O5/c1-14(17)15-6-3-4-7-16(15)21-13-12-20-11-10-19-9-5-8-18-2/h3-4,6-7H,5,8-13H2,1-2H3. The van der Waals surface area contributed by atoms with E-state index >= 15 is 0 Å². The van der Waals surface area contributed by atoms with Gasteiger partial charge in [0.2, 0.25) is 0 Å². The van der Waals surface area contributed by atoms with Crippen molar-refractivity contribution >= 4 is 5.78 Å². The third kappa shape index (κ3) is 7.80. The highest BCUT2D eigenvalue weighted by Crippen LogP contribution is 2.18. The lowest BCUT2D eigenvalue weighted by Crippen LogP contribution is -2.12. The lowest BCUT2D eigenvalue weighted by atomic mass is 10.1. The summed E-state index contributed by atoms with van der Waals surface area (Å²) in [6.07, 6.45) is 0.890. The smallest absolute Gasteiger partial charge is 0.163 e. The molecule has 0 atom stereocenters. The average molecular weight is 296 g/mol. The van der Waals surface area contributed by atoms with Gasteiger partial charge in [-0.25, -0.2) is 0 Å². The van der Waals surface area contributed by atoms with Gasteiger partial charge in [-0.3, -0.25) is 4.79 Å². The first kappa shape index (κ1) is 17.6. The maximum atomic E-state index is 11.4. The van der Waals surface area contributed by atoms with Crippen molar-refractivity contribution in [2.45, 2.75) is 13.3 Å². The number of hydrogen-bond acceptors (Lipinski definition) is 5. The molecule has 0 saturated heterocycles. The highest BCUT2D eigenvalue weighted by molar-refractivity contribution is 5.96. The topological polar surface area (TPSA) is 54.0 Å². The van der Waals surface area contributed by atoms with Crippen LogP contribution in [0.4, 0.5) is 0 Å². The predicted molar refractivity (Wildman–Crippen MR) is 80.1 cm³/mol. The number of methoxy groups -OCH3 is 1. The molecule has 0 N–H and O–H groups in total. The maximum Gasteiger partial charge on any atom is 0.163 e. The Kier molecular flexibility index (Phi) is 9.44. The van der Waals surface area contributed by atoms with Gasteiger partial charge in [0.25, 0.3) is 0 Å². The molecule has 0 heterocycles. The van der Waals surface area contributed by atoms with Crippen molar-refractivity contribution in [2.75, 3.05) is 46.8 Å². The van der Waals surface area contributed by atoms with Crippen LogP contribution in [-0.4, -0.2) is 52.5 Å². The molecule has 118 valence electrons. The number of benzene rings is 1. The molecular formula is C16H24O5. The Morgan fingerprint density at radius 2 is 1.62 bits per heavy atom. The van der Waals surface area contributed by atoms with Crippen LogP contribution in [-0.2, 0) is 14.2 Å². The van der Waals surface area contributed by atoms with E-state index in [4.69, 9.17) is 18.9 Å². The zero-order valence-corrected chi connectivity index (χ0v) is 12.8. The molecule has 0 amide bonds. The van der Waals surface area contributed by atoms with Gasteiger partial charge in [-0.15, -0.1) is 0 Å². The van der Waals surface area contributed by atoms with E-state index < -0.39 is 0 Å². The second-order valence-corrected chi connectivity index (χ2v) is 4.47. The van der Waals surface area contributed by atoms with Crippen molar-refractivity contribution < 1.29 is 23.7 Å². The molecular weight excluding hydrogens is 272 g/mol. The fraction of sp³-hybridized carbons (Fsp3) is 0.562. The van der Waals surface area contributed by atoms with Gasteiger partial charge in [0.05, 0.1) is 25.4 Å². The number of carbonyl (C=O) groups is 1. The number of rotatable bonds is 12. The molecule has 0 aliphatic heterocycles. The molecule has 0 aliphatic rings. The minimum Gasteiger partial charge on any atom is -0.490 e. The van der Waals surface area contributed by atoms with Crippen LogP contribution in [0.1, 0.15) is 23.7 Å². The van der Waals surface area contributed by atoms with Crippen LogP contribution in [0.2, 0.25) is 0 Å². The van der Waals surface area contributed by atoms with Gasteiger partial charge >= 0.3 is 0 Å². The predicted octanol–water partition coefficient (Wildman–Crippen LogP) is 2.34. The van der Waals surface area contributed by atoms with E-state index in [2.05, 4.69) is 0 Å². The van der Waals surface area contributed by atoms with Crippen molar-refractivity contribution in [3.63, 3.8) is 0 Å². The van der Waals surface area contributed by atoms with Crippen LogP contribution in [0.25, 0.3) is 0 Å². The zero-order chi connectivity index (χ0) is 15.3. The molecule has 0 aliphatic carbocycles. The summed E-state index contributed by atoms with van der Waals surface area (Å²) in [7, 11) is 1.67. The fourth-order valence-corrected chi connectivity index (χ4v) is 1.72. The van der Waals surface area contributed by atoms with E-state index in [1.165, 1.54) is 6.92 Å². The molecule has 5 heteroatoms. The average Bonchev–Trinajstić information content (AvgIpc) is 2.49. The lowest BCUT2D eigenvalue weighted by molar-refractivity contribution is 0.0303. The van der Waals surface area contributed by atoms with E-state index in [1.807, 2.05) is 12.1 Å². The van der Waals surface area contributed by atoms with E-state index in [9.17, 15) is 4.79 Å². The number of Topliss-reactive ketones (excluding diaryl/α,β-unsaturated/α-hetero) is 1. The molecule has 0 radical (unpaired) electrons. The summed E-state index contributed by atoms with van der Waals surface area (Å²) >= 11 is 0. The van der Waals surface area contributed by atoms with Gasteiger partial charge < -0.3 is 18.9 Å². The summed E-state index contributed by atoms with van der Waals surface area (Å²) in [5.41, 5.74) is 0.596. The maximum absolute atomic E-state index is 11.4. The summed E-state index contributed by atoms with van der Waals surface area (Å²) in [5, 5.41) is 0. The summed E-state index contributed by atoms with van der Waals surface area (Å²) in [5.74, 6) is 0.598. The Labute approximate surface area is 126 Å². The Morgan fingerprint density at radius 1 is 0.952 bits per heavy atom. The van der Waals surface area contributed by atoms with Crippen molar-refractivity contribution in [3.8, 4) is 5.75 Å². The summed E-state index contributed by atoms with van der Waals surface area (Å²) in [4.78, 5) is 11.4.